The molecule has 1 atom stereocenters. The summed E-state index contributed by atoms with van der Waals surface area (Å²) in [6.45, 7) is 11.1. The van der Waals surface area contributed by atoms with E-state index in [0.717, 1.165) is 17.9 Å². The molecule has 2 aromatic rings. The van der Waals surface area contributed by atoms with Crippen molar-refractivity contribution in [3.05, 3.63) is 58.7 Å². The second kappa shape index (κ2) is 7.35. The third-order valence-electron chi connectivity index (χ3n) is 3.76. The lowest BCUT2D eigenvalue weighted by molar-refractivity contribution is 0.222. The van der Waals surface area contributed by atoms with Crippen LogP contribution >= 0.6 is 0 Å². The van der Waals surface area contributed by atoms with Crippen molar-refractivity contribution in [1.82, 2.24) is 0 Å². The second-order valence-corrected chi connectivity index (χ2v) is 5.97. The maximum atomic E-state index is 6.05. The summed E-state index contributed by atoms with van der Waals surface area (Å²) in [5.41, 5.74) is 5.03. The van der Waals surface area contributed by atoms with E-state index in [1.165, 1.54) is 22.3 Å². The van der Waals surface area contributed by atoms with Crippen molar-refractivity contribution in [3.8, 4) is 11.5 Å². The molecule has 0 aromatic heterocycles. The molecule has 0 heterocycles. The van der Waals surface area contributed by atoms with Crippen molar-refractivity contribution >= 4 is 0 Å². The average molecular weight is 298 g/mol. The van der Waals surface area contributed by atoms with Gasteiger partial charge in [-0.2, -0.15) is 0 Å². The fraction of sp³-hybridized carbons (Fsp3) is 0.400. The first-order chi connectivity index (χ1) is 10.5. The molecule has 2 rings (SSSR count). The SMILES string of the molecule is CCOc1cc(C)cc(CC(C)Oc2ccc(C)c(C)c2)c1. The highest BCUT2D eigenvalue weighted by Gasteiger charge is 2.08. The van der Waals surface area contributed by atoms with Crippen LogP contribution in [-0.4, -0.2) is 12.7 Å². The van der Waals surface area contributed by atoms with Gasteiger partial charge >= 0.3 is 0 Å². The number of rotatable bonds is 6. The van der Waals surface area contributed by atoms with Gasteiger partial charge in [-0.05, 0) is 81.1 Å². The topological polar surface area (TPSA) is 18.5 Å². The Morgan fingerprint density at radius 3 is 2.36 bits per heavy atom. The van der Waals surface area contributed by atoms with Crippen molar-refractivity contribution in [2.75, 3.05) is 6.61 Å². The lowest BCUT2D eigenvalue weighted by atomic mass is 10.1. The highest BCUT2D eigenvalue weighted by molar-refractivity contribution is 5.35. The number of aryl methyl sites for hydroxylation is 3. The Balaban J connectivity index is 2.04. The van der Waals surface area contributed by atoms with Gasteiger partial charge in [-0.25, -0.2) is 0 Å². The quantitative estimate of drug-likeness (QED) is 0.745. The monoisotopic (exact) mass is 298 g/mol. The van der Waals surface area contributed by atoms with Gasteiger partial charge in [-0.15, -0.1) is 0 Å². The summed E-state index contributed by atoms with van der Waals surface area (Å²) < 4.78 is 11.7. The molecule has 0 saturated carbocycles. The molecule has 0 aliphatic rings. The van der Waals surface area contributed by atoms with Gasteiger partial charge in [-0.3, -0.25) is 0 Å². The zero-order valence-electron chi connectivity index (χ0n) is 14.3. The van der Waals surface area contributed by atoms with Gasteiger partial charge in [0.15, 0.2) is 0 Å². The minimum Gasteiger partial charge on any atom is -0.494 e. The number of ether oxygens (including phenoxy) is 2. The van der Waals surface area contributed by atoms with E-state index in [-0.39, 0.29) is 6.10 Å². The van der Waals surface area contributed by atoms with Crippen molar-refractivity contribution in [1.29, 1.82) is 0 Å². The van der Waals surface area contributed by atoms with E-state index >= 15 is 0 Å². The van der Waals surface area contributed by atoms with Crippen LogP contribution in [0.3, 0.4) is 0 Å². The largest absolute Gasteiger partial charge is 0.494 e. The predicted octanol–water partition coefficient (Wildman–Crippen LogP) is 5.02. The van der Waals surface area contributed by atoms with Crippen molar-refractivity contribution < 1.29 is 9.47 Å². The Morgan fingerprint density at radius 1 is 0.909 bits per heavy atom. The van der Waals surface area contributed by atoms with E-state index in [0.29, 0.717) is 6.61 Å². The molecule has 0 bridgehead atoms. The van der Waals surface area contributed by atoms with Gasteiger partial charge in [0, 0.05) is 6.42 Å². The van der Waals surface area contributed by atoms with Crippen LogP contribution in [0.2, 0.25) is 0 Å². The van der Waals surface area contributed by atoms with Gasteiger partial charge in [0.25, 0.3) is 0 Å². The van der Waals surface area contributed by atoms with E-state index in [2.05, 4.69) is 58.0 Å². The second-order valence-electron chi connectivity index (χ2n) is 5.97. The molecule has 2 nitrogen and oxygen atoms in total. The molecular formula is C20H26O2. The maximum absolute atomic E-state index is 6.05. The average Bonchev–Trinajstić information content (AvgIpc) is 2.42. The van der Waals surface area contributed by atoms with Crippen LogP contribution in [0.5, 0.6) is 11.5 Å². The van der Waals surface area contributed by atoms with Gasteiger partial charge in [-0.1, -0.05) is 12.1 Å². The standard InChI is InChI=1S/C20H26O2/c1-6-21-20-10-14(2)9-18(13-20)12-17(5)22-19-8-7-15(3)16(4)11-19/h7-11,13,17H,6,12H2,1-5H3. The molecule has 118 valence electrons. The lowest BCUT2D eigenvalue weighted by Crippen LogP contribution is -2.15. The first-order valence-electron chi connectivity index (χ1n) is 7.95. The predicted molar refractivity (Wildman–Crippen MR) is 92.1 cm³/mol. The number of hydrogen-bond donors (Lipinski definition) is 0. The first kappa shape index (κ1) is 16.4. The summed E-state index contributed by atoms with van der Waals surface area (Å²) in [6, 6.07) is 12.6. The summed E-state index contributed by atoms with van der Waals surface area (Å²) in [5, 5.41) is 0. The molecule has 0 aliphatic carbocycles. The Kier molecular flexibility index (Phi) is 5.48. The van der Waals surface area contributed by atoms with Crippen LogP contribution in [0.15, 0.2) is 36.4 Å². The lowest BCUT2D eigenvalue weighted by Gasteiger charge is -2.17. The highest BCUT2D eigenvalue weighted by atomic mass is 16.5. The Labute approximate surface area is 134 Å². The molecule has 0 aliphatic heterocycles. The molecule has 2 aromatic carbocycles. The molecule has 0 saturated heterocycles. The summed E-state index contributed by atoms with van der Waals surface area (Å²) in [6.07, 6.45) is 0.993. The van der Waals surface area contributed by atoms with E-state index in [1.54, 1.807) is 0 Å². The molecule has 22 heavy (non-hydrogen) atoms. The minimum absolute atomic E-state index is 0.124. The summed E-state index contributed by atoms with van der Waals surface area (Å²) in [7, 11) is 0. The summed E-state index contributed by atoms with van der Waals surface area (Å²) in [5.74, 6) is 1.88. The van der Waals surface area contributed by atoms with E-state index < -0.39 is 0 Å². The number of hydrogen-bond acceptors (Lipinski definition) is 2. The normalized spacial score (nSPS) is 12.0. The fourth-order valence-electron chi connectivity index (χ4n) is 2.59. The van der Waals surface area contributed by atoms with Gasteiger partial charge in [0.05, 0.1) is 12.7 Å². The first-order valence-corrected chi connectivity index (χ1v) is 7.95. The Morgan fingerprint density at radius 2 is 1.68 bits per heavy atom. The molecule has 2 heteroatoms. The third-order valence-corrected chi connectivity index (χ3v) is 3.76. The minimum atomic E-state index is 0.124. The number of benzene rings is 2. The fourth-order valence-corrected chi connectivity index (χ4v) is 2.59. The smallest absolute Gasteiger partial charge is 0.120 e. The van der Waals surface area contributed by atoms with E-state index in [1.807, 2.05) is 13.0 Å². The van der Waals surface area contributed by atoms with Gasteiger partial charge < -0.3 is 9.47 Å². The van der Waals surface area contributed by atoms with E-state index in [4.69, 9.17) is 9.47 Å². The van der Waals surface area contributed by atoms with Crippen LogP contribution in [0.25, 0.3) is 0 Å². The highest BCUT2D eigenvalue weighted by Crippen LogP contribution is 2.21. The molecule has 0 radical (unpaired) electrons. The Bertz CT molecular complexity index is 632. The zero-order chi connectivity index (χ0) is 16.1. The maximum Gasteiger partial charge on any atom is 0.120 e. The summed E-state index contributed by atoms with van der Waals surface area (Å²) >= 11 is 0. The third kappa shape index (κ3) is 4.52. The molecule has 0 spiro atoms. The zero-order valence-corrected chi connectivity index (χ0v) is 14.3. The van der Waals surface area contributed by atoms with Crippen LogP contribution in [-0.2, 0) is 6.42 Å². The summed E-state index contributed by atoms with van der Waals surface area (Å²) in [4.78, 5) is 0. The van der Waals surface area contributed by atoms with Crippen molar-refractivity contribution in [2.24, 2.45) is 0 Å². The van der Waals surface area contributed by atoms with Crippen LogP contribution in [0, 0.1) is 20.8 Å². The molecule has 1 unspecified atom stereocenters. The van der Waals surface area contributed by atoms with Crippen LogP contribution < -0.4 is 9.47 Å². The Hall–Kier alpha value is -1.96. The van der Waals surface area contributed by atoms with E-state index in [9.17, 15) is 0 Å². The van der Waals surface area contributed by atoms with Gasteiger partial charge in [0.2, 0.25) is 0 Å². The van der Waals surface area contributed by atoms with Crippen LogP contribution in [0.1, 0.15) is 36.1 Å². The molecule has 0 N–H and O–H groups in total. The van der Waals surface area contributed by atoms with Crippen molar-refractivity contribution in [3.63, 3.8) is 0 Å². The van der Waals surface area contributed by atoms with Gasteiger partial charge in [0.1, 0.15) is 11.5 Å². The van der Waals surface area contributed by atoms with Crippen molar-refractivity contribution in [2.45, 2.75) is 47.1 Å². The molecule has 0 amide bonds. The molecule has 0 fully saturated rings. The van der Waals surface area contributed by atoms with Crippen LogP contribution in [0.4, 0.5) is 0 Å². The molecular weight excluding hydrogens is 272 g/mol.